The first-order valence-electron chi connectivity index (χ1n) is 19.2. The number of aromatic nitrogens is 3. The van der Waals surface area contributed by atoms with E-state index in [0.717, 1.165) is 45.0 Å². The van der Waals surface area contributed by atoms with E-state index >= 15 is 0 Å². The second-order valence-electron chi connectivity index (χ2n) is 14.6. The van der Waals surface area contributed by atoms with Gasteiger partial charge in [0.25, 0.3) is 0 Å². The Bertz CT molecular complexity index is 2830. The summed E-state index contributed by atoms with van der Waals surface area (Å²) in [5, 5.41) is 13.3. The van der Waals surface area contributed by atoms with Gasteiger partial charge >= 0.3 is 0 Å². The van der Waals surface area contributed by atoms with Gasteiger partial charge in [-0.1, -0.05) is 122 Å². The zero-order valence-electron chi connectivity index (χ0n) is 30.4. The van der Waals surface area contributed by atoms with E-state index in [9.17, 15) is 5.11 Å². The molecule has 9 aromatic rings. The monoisotopic (exact) mass is 709 g/mol. The summed E-state index contributed by atoms with van der Waals surface area (Å²) >= 11 is 0. The fourth-order valence-electron chi connectivity index (χ4n) is 8.54. The number of nitrogens with zero attached hydrogens (tertiary/aromatic N) is 3. The fraction of sp³-hybridized carbons (Fsp3) is 0.0980. The molecule has 55 heavy (non-hydrogen) atoms. The zero-order chi connectivity index (χ0) is 36.7. The lowest BCUT2D eigenvalue weighted by molar-refractivity contribution is 0.477. The van der Waals surface area contributed by atoms with E-state index < -0.39 is 0 Å². The van der Waals surface area contributed by atoms with E-state index in [-0.39, 0.29) is 5.75 Å². The highest BCUT2D eigenvalue weighted by atomic mass is 16.3. The Morgan fingerprint density at radius 1 is 0.455 bits per heavy atom. The zero-order valence-corrected chi connectivity index (χ0v) is 30.4. The molecule has 0 atom stereocenters. The lowest BCUT2D eigenvalue weighted by Gasteiger charge is -2.16. The van der Waals surface area contributed by atoms with Crippen LogP contribution in [0, 0.1) is 0 Å². The van der Waals surface area contributed by atoms with Gasteiger partial charge in [0, 0.05) is 44.8 Å². The van der Waals surface area contributed by atoms with Crippen LogP contribution >= 0.6 is 0 Å². The van der Waals surface area contributed by atoms with E-state index in [1.54, 1.807) is 6.07 Å². The molecule has 3 aromatic heterocycles. The van der Waals surface area contributed by atoms with Gasteiger partial charge in [0.2, 0.25) is 0 Å². The third-order valence-electron chi connectivity index (χ3n) is 11.2. The molecule has 0 amide bonds. The van der Waals surface area contributed by atoms with Gasteiger partial charge in [0.1, 0.15) is 5.75 Å². The van der Waals surface area contributed by atoms with Crippen LogP contribution in [0.25, 0.3) is 83.5 Å². The molecular formula is C51H39N3O. The Hall–Kier alpha value is -6.78. The van der Waals surface area contributed by atoms with Crippen molar-refractivity contribution in [1.82, 2.24) is 14.5 Å². The molecule has 0 saturated heterocycles. The number of hydrogen-bond acceptors (Lipinski definition) is 3. The topological polar surface area (TPSA) is 50.9 Å². The molecule has 0 radical (unpaired) electrons. The molecule has 0 bridgehead atoms. The van der Waals surface area contributed by atoms with Crippen LogP contribution < -0.4 is 0 Å². The molecule has 1 aliphatic carbocycles. The van der Waals surface area contributed by atoms with Crippen LogP contribution in [0.2, 0.25) is 0 Å². The quantitative estimate of drug-likeness (QED) is 0.179. The summed E-state index contributed by atoms with van der Waals surface area (Å²) in [6.45, 7) is 0. The molecular weight excluding hydrogens is 671 g/mol. The lowest BCUT2D eigenvalue weighted by atomic mass is 9.93. The van der Waals surface area contributed by atoms with Gasteiger partial charge in [0.05, 0.1) is 28.1 Å². The Balaban J connectivity index is 1.15. The molecule has 0 unspecified atom stereocenters. The first kappa shape index (κ1) is 32.8. The highest BCUT2D eigenvalue weighted by Crippen LogP contribution is 2.42. The molecule has 3 heterocycles. The predicted octanol–water partition coefficient (Wildman–Crippen LogP) is 13.3. The van der Waals surface area contributed by atoms with Crippen molar-refractivity contribution in [1.29, 1.82) is 0 Å². The normalized spacial score (nSPS) is 13.2. The fourth-order valence-corrected chi connectivity index (χ4v) is 8.54. The van der Waals surface area contributed by atoms with Gasteiger partial charge < -0.3 is 9.67 Å². The van der Waals surface area contributed by atoms with Gasteiger partial charge in [-0.15, -0.1) is 0 Å². The van der Waals surface area contributed by atoms with Crippen molar-refractivity contribution in [3.63, 3.8) is 0 Å². The molecule has 10 rings (SSSR count). The maximum atomic E-state index is 10.8. The Morgan fingerprint density at radius 2 is 1.05 bits per heavy atom. The van der Waals surface area contributed by atoms with Gasteiger partial charge in [-0.25, -0.2) is 4.98 Å². The molecule has 264 valence electrons. The van der Waals surface area contributed by atoms with Crippen molar-refractivity contribution in [2.75, 3.05) is 0 Å². The molecule has 0 spiro atoms. The standard InChI is InChI=1S/C51H39N3O/c55-50-28-12-10-23-42(50)47-31-38(34-15-3-1-4-16-34)30-45(53-47)36-19-13-20-37(29-36)46-33-39(32-44(52-46)35-17-7-8-18-35)41-25-14-27-49-51(41)43-24-9-11-26-48(43)54(49)40-21-5-2-6-22-40/h1-6,9-16,19-33,35,55H,7-8,17-18H2. The number of phenols is 1. The highest BCUT2D eigenvalue weighted by molar-refractivity contribution is 6.15. The van der Waals surface area contributed by atoms with Crippen LogP contribution in [0.15, 0.2) is 176 Å². The highest BCUT2D eigenvalue weighted by Gasteiger charge is 2.22. The predicted molar refractivity (Wildman–Crippen MR) is 226 cm³/mol. The summed E-state index contributed by atoms with van der Waals surface area (Å²) in [6.07, 6.45) is 4.81. The van der Waals surface area contributed by atoms with Gasteiger partial charge in [-0.3, -0.25) is 4.98 Å². The number of rotatable bonds is 7. The van der Waals surface area contributed by atoms with E-state index in [4.69, 9.17) is 9.97 Å². The van der Waals surface area contributed by atoms with Crippen LogP contribution in [-0.4, -0.2) is 19.6 Å². The lowest BCUT2D eigenvalue weighted by Crippen LogP contribution is -2.00. The molecule has 1 aliphatic rings. The molecule has 1 N–H and O–H groups in total. The number of pyridine rings is 2. The second kappa shape index (κ2) is 13.9. The van der Waals surface area contributed by atoms with Crippen LogP contribution in [0.5, 0.6) is 5.75 Å². The van der Waals surface area contributed by atoms with Crippen molar-refractivity contribution < 1.29 is 5.11 Å². The third kappa shape index (κ3) is 6.06. The smallest absolute Gasteiger partial charge is 0.124 e. The van der Waals surface area contributed by atoms with Crippen LogP contribution in [0.3, 0.4) is 0 Å². The number of benzene rings is 6. The van der Waals surface area contributed by atoms with Gasteiger partial charge in [-0.2, -0.15) is 0 Å². The van der Waals surface area contributed by atoms with Crippen molar-refractivity contribution in [2.24, 2.45) is 0 Å². The molecule has 4 nitrogen and oxygen atoms in total. The Labute approximate surface area is 321 Å². The van der Waals surface area contributed by atoms with Crippen molar-refractivity contribution in [2.45, 2.75) is 31.6 Å². The summed E-state index contributed by atoms with van der Waals surface area (Å²) in [5.74, 6) is 0.652. The van der Waals surface area contributed by atoms with Crippen molar-refractivity contribution >= 4 is 21.8 Å². The van der Waals surface area contributed by atoms with Crippen molar-refractivity contribution in [3.05, 3.63) is 182 Å². The SMILES string of the molecule is Oc1ccccc1-c1cc(-c2ccccc2)cc(-c2cccc(-c3cc(-c4cccc5c4c4ccccc4n5-c4ccccc4)cc(C4CCCC4)n3)c2)n1. The first-order valence-corrected chi connectivity index (χ1v) is 19.2. The molecule has 0 aliphatic heterocycles. The summed E-state index contributed by atoms with van der Waals surface area (Å²) in [6, 6.07) is 61.4. The van der Waals surface area contributed by atoms with Gasteiger partial charge in [-0.05, 0) is 102 Å². The number of phenolic OH excluding ortho intramolecular Hbond substituents is 1. The third-order valence-corrected chi connectivity index (χ3v) is 11.2. The number of hydrogen-bond donors (Lipinski definition) is 1. The van der Waals surface area contributed by atoms with Crippen LogP contribution in [-0.2, 0) is 0 Å². The average molecular weight is 710 g/mol. The summed E-state index contributed by atoms with van der Waals surface area (Å²) in [4.78, 5) is 10.6. The van der Waals surface area contributed by atoms with Crippen LogP contribution in [0.4, 0.5) is 0 Å². The Kier molecular flexibility index (Phi) is 8.29. The summed E-state index contributed by atoms with van der Waals surface area (Å²) in [7, 11) is 0. The summed E-state index contributed by atoms with van der Waals surface area (Å²) < 4.78 is 2.39. The maximum absolute atomic E-state index is 10.8. The van der Waals surface area contributed by atoms with Crippen LogP contribution in [0.1, 0.15) is 37.3 Å². The number of aromatic hydroxyl groups is 1. The molecule has 4 heteroatoms. The van der Waals surface area contributed by atoms with E-state index in [2.05, 4.69) is 150 Å². The minimum atomic E-state index is 0.210. The average Bonchev–Trinajstić information content (AvgIpc) is 3.92. The van der Waals surface area contributed by atoms with Crippen molar-refractivity contribution in [3.8, 4) is 67.5 Å². The second-order valence-corrected chi connectivity index (χ2v) is 14.6. The maximum Gasteiger partial charge on any atom is 0.124 e. The Morgan fingerprint density at radius 3 is 1.85 bits per heavy atom. The molecule has 1 fully saturated rings. The summed E-state index contributed by atoms with van der Waals surface area (Å²) in [5.41, 5.74) is 14.5. The minimum Gasteiger partial charge on any atom is -0.507 e. The van der Waals surface area contributed by atoms with E-state index in [1.807, 2.05) is 24.3 Å². The van der Waals surface area contributed by atoms with Gasteiger partial charge in [0.15, 0.2) is 0 Å². The van der Waals surface area contributed by atoms with E-state index in [0.29, 0.717) is 11.5 Å². The largest absolute Gasteiger partial charge is 0.507 e. The first-order chi connectivity index (χ1) is 27.2. The van der Waals surface area contributed by atoms with E-state index in [1.165, 1.54) is 64.3 Å². The molecule has 1 saturated carbocycles. The molecule has 6 aromatic carbocycles. The number of fused-ring (bicyclic) bond motifs is 3. The minimum absolute atomic E-state index is 0.210. The number of para-hydroxylation sites is 3.